The quantitative estimate of drug-likeness (QED) is 0.270. The lowest BCUT2D eigenvalue weighted by atomic mass is 10.1. The molecule has 0 spiro atoms. The van der Waals surface area contributed by atoms with Crippen molar-refractivity contribution in [2.75, 3.05) is 57.1 Å². The summed E-state index contributed by atoms with van der Waals surface area (Å²) in [6, 6.07) is 15.7. The highest BCUT2D eigenvalue weighted by atomic mass is 16.5. The van der Waals surface area contributed by atoms with E-state index in [2.05, 4.69) is 36.6 Å². The summed E-state index contributed by atoms with van der Waals surface area (Å²) in [6.07, 6.45) is 5.14. The van der Waals surface area contributed by atoms with Crippen molar-refractivity contribution in [2.24, 2.45) is 7.05 Å². The number of aromatic nitrogens is 5. The van der Waals surface area contributed by atoms with Gasteiger partial charge in [0.25, 0.3) is 0 Å². The number of piperazine rings is 1. The van der Waals surface area contributed by atoms with Gasteiger partial charge in [0, 0.05) is 51.1 Å². The smallest absolute Gasteiger partial charge is 0.246 e. The zero-order chi connectivity index (χ0) is 31.1. The molecule has 1 atom stereocenters. The van der Waals surface area contributed by atoms with Crippen molar-refractivity contribution in [2.45, 2.75) is 13.0 Å². The summed E-state index contributed by atoms with van der Waals surface area (Å²) in [6.45, 7) is 5.16. The number of hydrogen-bond acceptors (Lipinski definition) is 10. The van der Waals surface area contributed by atoms with Crippen LogP contribution in [-0.4, -0.2) is 93.6 Å². The number of likely N-dealkylation sites (N-methyl/N-ethyl adjacent to an activating group) is 1. The van der Waals surface area contributed by atoms with Gasteiger partial charge in [-0.2, -0.15) is 0 Å². The molecule has 0 radical (unpaired) electrons. The van der Waals surface area contributed by atoms with Crippen molar-refractivity contribution in [3.8, 4) is 17.2 Å². The number of aryl methyl sites for hydroxylation is 2. The van der Waals surface area contributed by atoms with Crippen LogP contribution >= 0.6 is 0 Å². The van der Waals surface area contributed by atoms with Crippen LogP contribution in [0.25, 0.3) is 21.9 Å². The van der Waals surface area contributed by atoms with E-state index >= 15 is 0 Å². The van der Waals surface area contributed by atoms with Crippen LogP contribution in [0.5, 0.6) is 17.2 Å². The molecule has 12 nitrogen and oxygen atoms in total. The van der Waals surface area contributed by atoms with Gasteiger partial charge in [-0.1, -0.05) is 11.3 Å². The Hall–Kier alpha value is -5.23. The fourth-order valence-electron chi connectivity index (χ4n) is 5.94. The van der Waals surface area contributed by atoms with Crippen LogP contribution in [0.2, 0.25) is 0 Å². The van der Waals surface area contributed by atoms with E-state index in [4.69, 9.17) is 9.47 Å². The van der Waals surface area contributed by atoms with Gasteiger partial charge in [-0.3, -0.25) is 4.79 Å². The molecule has 3 aromatic carbocycles. The monoisotopic (exact) mass is 605 g/mol. The Morgan fingerprint density at radius 2 is 2.00 bits per heavy atom. The highest BCUT2D eigenvalue weighted by Gasteiger charge is 2.35. The van der Waals surface area contributed by atoms with Crippen LogP contribution in [-0.2, 0) is 11.8 Å². The molecule has 0 saturated carbocycles. The summed E-state index contributed by atoms with van der Waals surface area (Å²) in [5.41, 5.74) is 5.29. The minimum atomic E-state index is -0.0661. The standard InChI is InChI=1S/C33H35N9O3/c1-21-16-22(7-12-29(21)45-24-8-10-27-26(17-24)37-38-40(27)4)36-33-31-25(34-20-35-33)9-11-28-32(31)44-19-23-18-41(28)14-15-42(23)30(43)6-5-13-39(2)3/h5-12,16-17,20,23H,13-15,18-19H2,1-4H3,(H,34,35,36)/b6-5+/t23-/m1/s1. The summed E-state index contributed by atoms with van der Waals surface area (Å²) in [7, 11) is 5.83. The predicted molar refractivity (Wildman–Crippen MR) is 173 cm³/mol. The predicted octanol–water partition coefficient (Wildman–Crippen LogP) is 4.28. The van der Waals surface area contributed by atoms with E-state index in [0.29, 0.717) is 37.8 Å². The van der Waals surface area contributed by atoms with Crippen LogP contribution in [0.3, 0.4) is 0 Å². The maximum Gasteiger partial charge on any atom is 0.246 e. The van der Waals surface area contributed by atoms with Gasteiger partial charge in [-0.05, 0) is 69.0 Å². The lowest BCUT2D eigenvalue weighted by Gasteiger charge is -2.39. The topological polar surface area (TPSA) is 114 Å². The number of amides is 1. The number of ether oxygens (including phenoxy) is 2. The molecule has 230 valence electrons. The number of benzene rings is 3. The van der Waals surface area contributed by atoms with Gasteiger partial charge >= 0.3 is 0 Å². The summed E-state index contributed by atoms with van der Waals surface area (Å²) < 4.78 is 14.4. The first kappa shape index (κ1) is 28.5. The zero-order valence-corrected chi connectivity index (χ0v) is 25.8. The SMILES string of the molecule is Cc1cc(Nc2ncnc3ccc4c(c23)OC[C@H]2CN4CCN2C(=O)/C=C/CN(C)C)ccc1Oc1ccc2c(c1)nnn2C. The van der Waals surface area contributed by atoms with Crippen molar-refractivity contribution in [3.63, 3.8) is 0 Å². The van der Waals surface area contributed by atoms with Crippen molar-refractivity contribution in [3.05, 3.63) is 72.6 Å². The fraction of sp³-hybridized carbons (Fsp3) is 0.303. The lowest BCUT2D eigenvalue weighted by Crippen LogP contribution is -2.56. The summed E-state index contributed by atoms with van der Waals surface area (Å²) in [5, 5.41) is 12.6. The van der Waals surface area contributed by atoms with E-state index in [-0.39, 0.29) is 11.9 Å². The summed E-state index contributed by atoms with van der Waals surface area (Å²) in [4.78, 5) is 28.5. The third-order valence-electron chi connectivity index (χ3n) is 8.24. The molecule has 1 fully saturated rings. The number of rotatable bonds is 7. The second kappa shape index (κ2) is 11.7. The number of carbonyl (C=O) groups excluding carboxylic acids is 1. The van der Waals surface area contributed by atoms with Gasteiger partial charge in [-0.25, -0.2) is 14.6 Å². The maximum absolute atomic E-state index is 13.0. The van der Waals surface area contributed by atoms with Crippen LogP contribution in [0.15, 0.2) is 67.0 Å². The molecule has 0 aliphatic carbocycles. The number of anilines is 3. The average molecular weight is 606 g/mol. The second-order valence-electron chi connectivity index (χ2n) is 11.7. The number of carbonyl (C=O) groups is 1. The van der Waals surface area contributed by atoms with Crippen LogP contribution in [0, 0.1) is 6.92 Å². The Labute approximate surface area is 260 Å². The molecule has 4 heterocycles. The Kier molecular flexibility index (Phi) is 7.42. The van der Waals surface area contributed by atoms with Crippen LogP contribution < -0.4 is 19.7 Å². The van der Waals surface area contributed by atoms with E-state index in [1.54, 1.807) is 17.1 Å². The molecule has 0 unspecified atom stereocenters. The molecule has 2 aliphatic rings. The normalized spacial score (nSPS) is 16.2. The number of hydrogen-bond donors (Lipinski definition) is 1. The van der Waals surface area contributed by atoms with Gasteiger partial charge in [0.2, 0.25) is 5.91 Å². The molecular formula is C33H35N9O3. The van der Waals surface area contributed by atoms with Crippen molar-refractivity contribution in [1.82, 2.24) is 34.8 Å². The third kappa shape index (κ3) is 5.60. The molecule has 12 heteroatoms. The molecular weight excluding hydrogens is 570 g/mol. The number of nitrogens with zero attached hydrogens (tertiary/aromatic N) is 8. The lowest BCUT2D eigenvalue weighted by molar-refractivity contribution is -0.129. The second-order valence-corrected chi connectivity index (χ2v) is 11.7. The molecule has 2 aliphatic heterocycles. The van der Waals surface area contributed by atoms with Crippen molar-refractivity contribution < 1.29 is 14.3 Å². The third-order valence-corrected chi connectivity index (χ3v) is 8.24. The molecule has 1 saturated heterocycles. The van der Waals surface area contributed by atoms with E-state index in [9.17, 15) is 4.79 Å². The molecule has 45 heavy (non-hydrogen) atoms. The summed E-state index contributed by atoms with van der Waals surface area (Å²) >= 11 is 0. The minimum absolute atomic E-state index is 0.0173. The number of nitrogens with one attached hydrogen (secondary N) is 1. The van der Waals surface area contributed by atoms with Gasteiger partial charge in [-0.15, -0.1) is 5.10 Å². The van der Waals surface area contributed by atoms with Crippen LogP contribution in [0.4, 0.5) is 17.2 Å². The van der Waals surface area contributed by atoms with E-state index in [1.807, 2.05) is 86.4 Å². The van der Waals surface area contributed by atoms with Gasteiger partial charge < -0.3 is 29.5 Å². The van der Waals surface area contributed by atoms with E-state index < -0.39 is 0 Å². The zero-order valence-electron chi connectivity index (χ0n) is 25.8. The van der Waals surface area contributed by atoms with Crippen LogP contribution in [0.1, 0.15) is 5.56 Å². The first-order valence-corrected chi connectivity index (χ1v) is 15.0. The fourth-order valence-corrected chi connectivity index (χ4v) is 5.94. The summed E-state index contributed by atoms with van der Waals surface area (Å²) in [5.74, 6) is 2.83. The number of fused-ring (bicyclic) bond motifs is 7. The highest BCUT2D eigenvalue weighted by molar-refractivity contribution is 6.00. The van der Waals surface area contributed by atoms with Crippen molar-refractivity contribution in [1.29, 1.82) is 0 Å². The molecule has 1 N–H and O–H groups in total. The first-order valence-electron chi connectivity index (χ1n) is 15.0. The van der Waals surface area contributed by atoms with Crippen molar-refractivity contribution >= 4 is 45.0 Å². The Morgan fingerprint density at radius 1 is 1.11 bits per heavy atom. The Balaban J connectivity index is 1.13. The van der Waals surface area contributed by atoms with E-state index in [1.165, 1.54) is 0 Å². The largest absolute Gasteiger partial charge is 0.488 e. The average Bonchev–Trinajstić information content (AvgIpc) is 3.33. The minimum Gasteiger partial charge on any atom is -0.488 e. The first-order chi connectivity index (χ1) is 21.8. The van der Waals surface area contributed by atoms with E-state index in [0.717, 1.165) is 56.9 Å². The molecule has 7 rings (SSSR count). The maximum atomic E-state index is 13.0. The van der Waals surface area contributed by atoms with Gasteiger partial charge in [0.15, 0.2) is 5.75 Å². The van der Waals surface area contributed by atoms with Gasteiger partial charge in [0.05, 0.1) is 28.1 Å². The molecule has 5 aromatic rings. The molecule has 2 bridgehead atoms. The molecule has 1 amide bonds. The highest BCUT2D eigenvalue weighted by Crippen LogP contribution is 2.42. The molecule has 2 aromatic heterocycles. The van der Waals surface area contributed by atoms with Gasteiger partial charge in [0.1, 0.15) is 35.8 Å². The Bertz CT molecular complexity index is 1940. The Morgan fingerprint density at radius 3 is 2.84 bits per heavy atom.